The molecule has 27 heavy (non-hydrogen) atoms. The molecule has 0 bridgehead atoms. The van der Waals surface area contributed by atoms with E-state index in [0.29, 0.717) is 0 Å². The molecule has 0 aromatic heterocycles. The molecule has 2 rings (SSSR count). The number of unbranched alkanes of at least 4 members (excludes halogenated alkanes) is 11. The quantitative estimate of drug-likeness (QED) is 0.349. The molecule has 148 valence electrons. The van der Waals surface area contributed by atoms with Gasteiger partial charge in [0, 0.05) is 12.1 Å². The van der Waals surface area contributed by atoms with Gasteiger partial charge in [0.1, 0.15) is 0 Å². The zero-order valence-corrected chi connectivity index (χ0v) is 17.1. The van der Waals surface area contributed by atoms with Crippen LogP contribution >= 0.6 is 0 Å². The molecule has 2 nitrogen and oxygen atoms in total. The third kappa shape index (κ3) is 8.15. The molecule has 1 amide bonds. The van der Waals surface area contributed by atoms with Crippen molar-refractivity contribution in [3.63, 3.8) is 0 Å². The molecule has 2 heteroatoms. The normalized spacial score (nSPS) is 11.0. The van der Waals surface area contributed by atoms with Crippen molar-refractivity contribution < 1.29 is 4.79 Å². The maximum Gasteiger partial charge on any atom is 0.251 e. The predicted octanol–water partition coefficient (Wildman–Crippen LogP) is 7.27. The maximum atomic E-state index is 12.4. The second kappa shape index (κ2) is 13.4. The summed E-state index contributed by atoms with van der Waals surface area (Å²) in [7, 11) is 0. The van der Waals surface area contributed by atoms with Crippen LogP contribution in [0.5, 0.6) is 0 Å². The predicted molar refractivity (Wildman–Crippen MR) is 117 cm³/mol. The molecule has 0 radical (unpaired) electrons. The van der Waals surface area contributed by atoms with Crippen molar-refractivity contribution >= 4 is 16.7 Å². The molecule has 0 aliphatic heterocycles. The van der Waals surface area contributed by atoms with E-state index in [9.17, 15) is 4.79 Å². The highest BCUT2D eigenvalue weighted by Crippen LogP contribution is 2.18. The van der Waals surface area contributed by atoms with Crippen LogP contribution in [0.25, 0.3) is 10.8 Å². The van der Waals surface area contributed by atoms with Crippen LogP contribution in [0.3, 0.4) is 0 Å². The number of hydrogen-bond acceptors (Lipinski definition) is 1. The van der Waals surface area contributed by atoms with E-state index in [4.69, 9.17) is 0 Å². The highest BCUT2D eigenvalue weighted by Gasteiger charge is 2.08. The minimum Gasteiger partial charge on any atom is -0.352 e. The Morgan fingerprint density at radius 1 is 0.704 bits per heavy atom. The standard InChI is InChI=1S/C25H37NO/c1-2-3-4-5-6-7-8-9-10-11-12-15-21-26-25(27)24-20-16-18-22-17-13-14-19-23(22)24/h13-14,16-20H,2-12,15,21H2,1H3,(H,26,27). The molecule has 2 aromatic rings. The molecule has 0 saturated heterocycles. The minimum atomic E-state index is 0.0508. The highest BCUT2D eigenvalue weighted by molar-refractivity contribution is 6.06. The van der Waals surface area contributed by atoms with Crippen molar-refractivity contribution in [2.24, 2.45) is 0 Å². The molecule has 0 unspecified atom stereocenters. The lowest BCUT2D eigenvalue weighted by Gasteiger charge is -2.08. The number of benzene rings is 2. The number of hydrogen-bond donors (Lipinski definition) is 1. The van der Waals surface area contributed by atoms with Crippen LogP contribution in [0.15, 0.2) is 42.5 Å². The van der Waals surface area contributed by atoms with E-state index in [0.717, 1.165) is 29.3 Å². The Balaban J connectivity index is 1.50. The second-order valence-corrected chi connectivity index (χ2v) is 7.67. The van der Waals surface area contributed by atoms with Crippen LogP contribution in [0.4, 0.5) is 0 Å². The molecular formula is C25H37NO. The number of carbonyl (C=O) groups is 1. The summed E-state index contributed by atoms with van der Waals surface area (Å²) in [5.41, 5.74) is 0.784. The Morgan fingerprint density at radius 2 is 1.26 bits per heavy atom. The van der Waals surface area contributed by atoms with Gasteiger partial charge in [0.05, 0.1) is 0 Å². The van der Waals surface area contributed by atoms with Gasteiger partial charge in [-0.3, -0.25) is 4.79 Å². The van der Waals surface area contributed by atoms with E-state index in [-0.39, 0.29) is 5.91 Å². The molecular weight excluding hydrogens is 330 g/mol. The summed E-state index contributed by atoms with van der Waals surface area (Å²) in [6, 6.07) is 14.0. The molecule has 0 atom stereocenters. The summed E-state index contributed by atoms with van der Waals surface area (Å²) in [5.74, 6) is 0.0508. The Hall–Kier alpha value is -1.83. The van der Waals surface area contributed by atoms with E-state index >= 15 is 0 Å². The van der Waals surface area contributed by atoms with Crippen molar-refractivity contribution in [2.45, 2.75) is 84.0 Å². The Morgan fingerprint density at radius 3 is 1.93 bits per heavy atom. The van der Waals surface area contributed by atoms with Crippen LogP contribution < -0.4 is 5.32 Å². The molecule has 0 aliphatic rings. The summed E-state index contributed by atoms with van der Waals surface area (Å²) < 4.78 is 0. The molecule has 0 saturated carbocycles. The number of nitrogens with one attached hydrogen (secondary N) is 1. The summed E-state index contributed by atoms with van der Waals surface area (Å²) in [5, 5.41) is 5.24. The van der Waals surface area contributed by atoms with Gasteiger partial charge in [-0.05, 0) is 23.3 Å². The number of rotatable bonds is 14. The largest absolute Gasteiger partial charge is 0.352 e. The monoisotopic (exact) mass is 367 g/mol. The third-order valence-electron chi connectivity index (χ3n) is 5.35. The van der Waals surface area contributed by atoms with Crippen LogP contribution in [0.2, 0.25) is 0 Å². The summed E-state index contributed by atoms with van der Waals surface area (Å²) in [4.78, 5) is 12.4. The first-order valence-corrected chi connectivity index (χ1v) is 11.1. The first kappa shape index (κ1) is 21.5. The molecule has 0 aliphatic carbocycles. The van der Waals surface area contributed by atoms with Crippen LogP contribution in [-0.2, 0) is 0 Å². The van der Waals surface area contributed by atoms with Gasteiger partial charge in [-0.15, -0.1) is 0 Å². The molecule has 2 aromatic carbocycles. The lowest BCUT2D eigenvalue weighted by atomic mass is 10.0. The SMILES string of the molecule is CCCCCCCCCCCCCCNC(=O)c1cccc2ccccc12. The Bertz CT molecular complexity index is 659. The smallest absolute Gasteiger partial charge is 0.251 e. The zero-order chi connectivity index (χ0) is 19.2. The lowest BCUT2D eigenvalue weighted by Crippen LogP contribution is -2.24. The lowest BCUT2D eigenvalue weighted by molar-refractivity contribution is 0.0954. The average molecular weight is 368 g/mol. The van der Waals surface area contributed by atoms with Gasteiger partial charge in [0.25, 0.3) is 5.91 Å². The first-order chi connectivity index (χ1) is 13.3. The molecule has 0 fully saturated rings. The fourth-order valence-electron chi connectivity index (χ4n) is 3.69. The number of amides is 1. The van der Waals surface area contributed by atoms with Crippen molar-refractivity contribution in [3.05, 3.63) is 48.0 Å². The van der Waals surface area contributed by atoms with Gasteiger partial charge in [-0.25, -0.2) is 0 Å². The van der Waals surface area contributed by atoms with Crippen LogP contribution in [-0.4, -0.2) is 12.5 Å². The number of carbonyl (C=O) groups excluding carboxylic acids is 1. The fourth-order valence-corrected chi connectivity index (χ4v) is 3.69. The van der Waals surface area contributed by atoms with Gasteiger partial charge in [0.2, 0.25) is 0 Å². The second-order valence-electron chi connectivity index (χ2n) is 7.67. The van der Waals surface area contributed by atoms with Gasteiger partial charge in [0.15, 0.2) is 0 Å². The van der Waals surface area contributed by atoms with E-state index in [2.05, 4.69) is 24.4 Å². The highest BCUT2D eigenvalue weighted by atomic mass is 16.1. The minimum absolute atomic E-state index is 0.0508. The van der Waals surface area contributed by atoms with Crippen molar-refractivity contribution in [2.75, 3.05) is 6.54 Å². The first-order valence-electron chi connectivity index (χ1n) is 11.1. The van der Waals surface area contributed by atoms with Gasteiger partial charge in [-0.2, -0.15) is 0 Å². The van der Waals surface area contributed by atoms with E-state index < -0.39 is 0 Å². The fraction of sp³-hybridized carbons (Fsp3) is 0.560. The zero-order valence-electron chi connectivity index (χ0n) is 17.1. The Labute approximate surface area is 165 Å². The molecule has 1 N–H and O–H groups in total. The van der Waals surface area contributed by atoms with Gasteiger partial charge < -0.3 is 5.32 Å². The van der Waals surface area contributed by atoms with Crippen molar-refractivity contribution in [1.82, 2.24) is 5.32 Å². The van der Waals surface area contributed by atoms with Gasteiger partial charge >= 0.3 is 0 Å². The maximum absolute atomic E-state index is 12.4. The van der Waals surface area contributed by atoms with Crippen molar-refractivity contribution in [3.8, 4) is 0 Å². The molecule has 0 spiro atoms. The van der Waals surface area contributed by atoms with Crippen LogP contribution in [0, 0.1) is 0 Å². The van der Waals surface area contributed by atoms with Crippen molar-refractivity contribution in [1.29, 1.82) is 0 Å². The topological polar surface area (TPSA) is 29.1 Å². The Kier molecular flexibility index (Phi) is 10.6. The van der Waals surface area contributed by atoms with Gasteiger partial charge in [-0.1, -0.05) is 114 Å². The third-order valence-corrected chi connectivity index (χ3v) is 5.35. The van der Waals surface area contributed by atoms with E-state index in [1.807, 2.05) is 30.3 Å². The summed E-state index contributed by atoms with van der Waals surface area (Å²) >= 11 is 0. The summed E-state index contributed by atoms with van der Waals surface area (Å²) in [6.07, 6.45) is 16.1. The summed E-state index contributed by atoms with van der Waals surface area (Å²) in [6.45, 7) is 3.05. The van der Waals surface area contributed by atoms with E-state index in [1.165, 1.54) is 70.6 Å². The van der Waals surface area contributed by atoms with Crippen LogP contribution in [0.1, 0.15) is 94.3 Å². The molecule has 0 heterocycles. The average Bonchev–Trinajstić information content (AvgIpc) is 2.71. The van der Waals surface area contributed by atoms with E-state index in [1.54, 1.807) is 0 Å². The number of fused-ring (bicyclic) bond motifs is 1.